The van der Waals surface area contributed by atoms with E-state index in [1.165, 1.54) is 0 Å². The van der Waals surface area contributed by atoms with Crippen LogP contribution in [0, 0.1) is 17.6 Å². The predicted molar refractivity (Wildman–Crippen MR) is 116 cm³/mol. The minimum absolute atomic E-state index is 0.0484. The van der Waals surface area contributed by atoms with Gasteiger partial charge in [0.05, 0.1) is 6.04 Å². The molecular weight excluding hydrogens is 487 g/mol. The van der Waals surface area contributed by atoms with Crippen LogP contribution in [0.4, 0.5) is 27.8 Å². The van der Waals surface area contributed by atoms with Crippen LogP contribution in [-0.2, 0) is 19.3 Å². The van der Waals surface area contributed by atoms with Crippen molar-refractivity contribution >= 4 is 5.82 Å². The van der Waals surface area contributed by atoms with Crippen LogP contribution < -0.4 is 20.1 Å². The maximum Gasteiger partial charge on any atom is 0.433 e. The number of piperidine rings is 1. The van der Waals surface area contributed by atoms with Gasteiger partial charge in [-0.25, -0.2) is 13.6 Å². The van der Waals surface area contributed by atoms with Gasteiger partial charge >= 0.3 is 11.9 Å². The van der Waals surface area contributed by atoms with Crippen molar-refractivity contribution in [3.63, 3.8) is 0 Å². The summed E-state index contributed by atoms with van der Waals surface area (Å²) in [6, 6.07) is 5.85. The topological polar surface area (TPSA) is 69.5 Å². The number of aromatic nitrogens is 3. The molecule has 1 saturated carbocycles. The van der Waals surface area contributed by atoms with Gasteiger partial charge in [0.25, 0.3) is 0 Å². The van der Waals surface area contributed by atoms with E-state index in [-0.39, 0.29) is 24.1 Å². The molecular formula is C24H19F5N4O3. The molecule has 6 rings (SSSR count). The molecule has 4 heterocycles. The zero-order valence-corrected chi connectivity index (χ0v) is 18.6. The van der Waals surface area contributed by atoms with Crippen LogP contribution in [0.3, 0.4) is 0 Å². The van der Waals surface area contributed by atoms with Crippen molar-refractivity contribution in [2.24, 2.45) is 5.92 Å². The van der Waals surface area contributed by atoms with E-state index in [9.17, 15) is 26.7 Å². The van der Waals surface area contributed by atoms with Gasteiger partial charge < -0.3 is 14.4 Å². The number of pyridine rings is 1. The Bertz CT molecular complexity index is 1390. The summed E-state index contributed by atoms with van der Waals surface area (Å²) in [7, 11) is 0. The first kappa shape index (κ1) is 22.7. The lowest BCUT2D eigenvalue weighted by Gasteiger charge is -2.30. The first-order valence-electron chi connectivity index (χ1n) is 11.4. The normalized spacial score (nSPS) is 22.0. The number of ether oxygens (including phenoxy) is 2. The molecule has 36 heavy (non-hydrogen) atoms. The summed E-state index contributed by atoms with van der Waals surface area (Å²) in [6.07, 6.45) is -0.551. The number of hydrogen-bond acceptors (Lipinski definition) is 6. The molecule has 3 aliphatic rings. The minimum Gasteiger partial charge on any atom is -0.473 e. The summed E-state index contributed by atoms with van der Waals surface area (Å²) >= 11 is 0. The van der Waals surface area contributed by atoms with Crippen LogP contribution in [0.2, 0.25) is 0 Å². The number of benzene rings is 1. The largest absolute Gasteiger partial charge is 0.473 e. The van der Waals surface area contributed by atoms with Crippen molar-refractivity contribution in [3.05, 3.63) is 69.9 Å². The summed E-state index contributed by atoms with van der Waals surface area (Å²) in [4.78, 5) is 21.9. The Morgan fingerprint density at radius 2 is 1.86 bits per heavy atom. The lowest BCUT2D eigenvalue weighted by Crippen LogP contribution is -2.37. The monoisotopic (exact) mass is 506 g/mol. The van der Waals surface area contributed by atoms with E-state index < -0.39 is 40.7 Å². The summed E-state index contributed by atoms with van der Waals surface area (Å²) in [6.45, 7) is 0.315. The number of alkyl halides is 3. The highest BCUT2D eigenvalue weighted by atomic mass is 19.4. The fourth-order valence-corrected chi connectivity index (χ4v) is 5.50. The van der Waals surface area contributed by atoms with Crippen molar-refractivity contribution in [2.75, 3.05) is 4.90 Å². The predicted octanol–water partition coefficient (Wildman–Crippen LogP) is 4.68. The van der Waals surface area contributed by atoms with Gasteiger partial charge in [-0.1, -0.05) is 0 Å². The van der Waals surface area contributed by atoms with Crippen LogP contribution in [0.1, 0.15) is 30.5 Å². The maximum atomic E-state index is 14.6. The first-order valence-corrected chi connectivity index (χ1v) is 11.4. The van der Waals surface area contributed by atoms with E-state index in [4.69, 9.17) is 9.47 Å². The van der Waals surface area contributed by atoms with Crippen molar-refractivity contribution in [1.29, 1.82) is 0 Å². The van der Waals surface area contributed by atoms with E-state index in [2.05, 4.69) is 14.9 Å². The van der Waals surface area contributed by atoms with Crippen LogP contribution in [0.15, 0.2) is 41.3 Å². The molecule has 2 bridgehead atoms. The Morgan fingerprint density at radius 1 is 1.08 bits per heavy atom. The molecule has 1 aliphatic carbocycles. The molecule has 3 atom stereocenters. The average molecular weight is 506 g/mol. The molecule has 0 N–H and O–H groups in total. The third kappa shape index (κ3) is 3.84. The third-order valence-corrected chi connectivity index (χ3v) is 7.03. The second-order valence-corrected chi connectivity index (χ2v) is 9.20. The maximum absolute atomic E-state index is 14.6. The zero-order valence-electron chi connectivity index (χ0n) is 18.6. The highest BCUT2D eigenvalue weighted by Crippen LogP contribution is 2.48. The zero-order chi connectivity index (χ0) is 25.2. The van der Waals surface area contributed by atoms with Gasteiger partial charge in [0.15, 0.2) is 17.4 Å². The van der Waals surface area contributed by atoms with Crippen LogP contribution >= 0.6 is 0 Å². The van der Waals surface area contributed by atoms with Gasteiger partial charge in [0, 0.05) is 30.9 Å². The second-order valence-electron chi connectivity index (χ2n) is 9.20. The fraction of sp³-hybridized carbons (Fsp3) is 0.375. The average Bonchev–Trinajstić information content (AvgIpc) is 3.53. The van der Waals surface area contributed by atoms with Gasteiger partial charge in [0.2, 0.25) is 5.88 Å². The minimum atomic E-state index is -4.74. The number of hydrogen-bond donors (Lipinski definition) is 0. The van der Waals surface area contributed by atoms with Gasteiger partial charge in [-0.15, -0.1) is 0 Å². The molecule has 188 valence electrons. The number of nitrogens with zero attached hydrogens (tertiary/aromatic N) is 4. The molecule has 2 aromatic heterocycles. The second kappa shape index (κ2) is 8.17. The third-order valence-electron chi connectivity index (χ3n) is 7.03. The quantitative estimate of drug-likeness (QED) is 0.469. The van der Waals surface area contributed by atoms with Crippen molar-refractivity contribution in [2.45, 2.75) is 50.7 Å². The van der Waals surface area contributed by atoms with E-state index in [1.807, 2.05) is 0 Å². The van der Waals surface area contributed by atoms with Crippen LogP contribution in [0.5, 0.6) is 17.4 Å². The van der Waals surface area contributed by atoms with Crippen molar-refractivity contribution in [3.8, 4) is 17.4 Å². The van der Waals surface area contributed by atoms with Gasteiger partial charge in [-0.05, 0) is 48.9 Å². The smallest absolute Gasteiger partial charge is 0.433 e. The molecule has 12 heteroatoms. The fourth-order valence-electron chi connectivity index (χ4n) is 5.50. The Hall–Kier alpha value is -3.70. The molecule has 1 aromatic carbocycles. The standard InChI is InChI=1S/C24H19F5N4O3/c25-16-5-12(6-17(26)22(16)36-15-3-4-30-19(8-15)24(27,28)29)11-35-20-9-21-32(23(34)31-20)10-18-13-1-2-14(7-13)33(18)21/h3-6,8-9,13-14,18H,1-2,7,10-11H2/t13-,14+,18+/m0/s1. The number of anilines is 1. The van der Waals surface area contributed by atoms with Gasteiger partial charge in [-0.3, -0.25) is 9.55 Å². The van der Waals surface area contributed by atoms with E-state index in [0.29, 0.717) is 24.6 Å². The van der Waals surface area contributed by atoms with E-state index >= 15 is 0 Å². The molecule has 2 aliphatic heterocycles. The van der Waals surface area contributed by atoms with Crippen LogP contribution in [0.25, 0.3) is 0 Å². The molecule has 7 nitrogen and oxygen atoms in total. The summed E-state index contributed by atoms with van der Waals surface area (Å²) in [5, 5.41) is 0. The lowest BCUT2D eigenvalue weighted by atomic mass is 10.00. The van der Waals surface area contributed by atoms with Crippen molar-refractivity contribution < 1.29 is 31.4 Å². The molecule has 2 fully saturated rings. The Labute approximate surface area is 201 Å². The summed E-state index contributed by atoms with van der Waals surface area (Å²) in [5.74, 6) is -2.17. The molecule has 0 radical (unpaired) electrons. The Morgan fingerprint density at radius 3 is 2.61 bits per heavy atom. The molecule has 3 aromatic rings. The molecule has 0 unspecified atom stereocenters. The Balaban J connectivity index is 1.19. The summed E-state index contributed by atoms with van der Waals surface area (Å²) < 4.78 is 80.0. The number of rotatable bonds is 5. The highest BCUT2D eigenvalue weighted by molar-refractivity contribution is 5.51. The SMILES string of the molecule is O=c1nc(OCc2cc(F)c(Oc3ccnc(C(F)(F)F)c3)c(F)c2)cc2n1C[C@@H]1[C@H]3CC[C@H](C3)N21. The van der Waals surface area contributed by atoms with Crippen LogP contribution in [-0.4, -0.2) is 26.6 Å². The van der Waals surface area contributed by atoms with Gasteiger partial charge in [0.1, 0.15) is 23.9 Å². The molecule has 0 spiro atoms. The summed E-state index contributed by atoms with van der Waals surface area (Å²) in [5.41, 5.74) is -1.60. The van der Waals surface area contributed by atoms with E-state index in [0.717, 1.165) is 49.5 Å². The van der Waals surface area contributed by atoms with Crippen molar-refractivity contribution in [1.82, 2.24) is 14.5 Å². The lowest BCUT2D eigenvalue weighted by molar-refractivity contribution is -0.141. The Kier molecular flexibility index (Phi) is 5.16. The van der Waals surface area contributed by atoms with Gasteiger partial charge in [-0.2, -0.15) is 18.2 Å². The van der Waals surface area contributed by atoms with E-state index in [1.54, 1.807) is 10.6 Å². The first-order chi connectivity index (χ1) is 17.2. The highest BCUT2D eigenvalue weighted by Gasteiger charge is 2.50. The number of fused-ring (bicyclic) bond motifs is 7. The molecule has 1 saturated heterocycles. The molecule has 0 amide bonds. The number of halogens is 5.